The Morgan fingerprint density at radius 3 is 1.73 bits per heavy atom. The van der Waals surface area contributed by atoms with Crippen LogP contribution in [0.5, 0.6) is 0 Å². The van der Waals surface area contributed by atoms with E-state index >= 15 is 0 Å². The number of aromatic nitrogens is 5. The molecule has 0 aliphatic carbocycles. The Morgan fingerprint density at radius 2 is 1.00 bits per heavy atom. The summed E-state index contributed by atoms with van der Waals surface area (Å²) in [5.74, 6) is 1.81. The summed E-state index contributed by atoms with van der Waals surface area (Å²) in [6.45, 7) is 0. The molecule has 51 heavy (non-hydrogen) atoms. The highest BCUT2D eigenvalue weighted by atomic mass is 16.3. The van der Waals surface area contributed by atoms with Gasteiger partial charge in [0.05, 0.1) is 27.5 Å². The van der Waals surface area contributed by atoms with Crippen LogP contribution in [0, 0.1) is 0 Å². The second-order valence-corrected chi connectivity index (χ2v) is 12.9. The van der Waals surface area contributed by atoms with Gasteiger partial charge in [-0.3, -0.25) is 4.57 Å². The molecule has 0 saturated heterocycles. The molecule has 0 atom stereocenters. The molecule has 11 rings (SSSR count). The molecule has 238 valence electrons. The van der Waals surface area contributed by atoms with Crippen LogP contribution in [0.4, 0.5) is 0 Å². The number of furan rings is 1. The van der Waals surface area contributed by atoms with Gasteiger partial charge in [-0.05, 0) is 48.5 Å². The van der Waals surface area contributed by atoms with Gasteiger partial charge in [0.15, 0.2) is 11.6 Å². The lowest BCUT2D eigenvalue weighted by molar-refractivity contribution is 0.673. The van der Waals surface area contributed by atoms with Crippen LogP contribution in [0.15, 0.2) is 168 Å². The summed E-state index contributed by atoms with van der Waals surface area (Å²) in [5, 5.41) is 6.68. The normalized spacial score (nSPS) is 11.9. The first-order valence-electron chi connectivity index (χ1n) is 17.0. The van der Waals surface area contributed by atoms with Gasteiger partial charge in [0.2, 0.25) is 5.95 Å². The van der Waals surface area contributed by atoms with E-state index in [4.69, 9.17) is 19.4 Å². The highest BCUT2D eigenvalue weighted by molar-refractivity contribution is 6.26. The number of rotatable bonds is 4. The molecule has 4 heterocycles. The molecule has 0 amide bonds. The van der Waals surface area contributed by atoms with E-state index in [0.717, 1.165) is 82.4 Å². The van der Waals surface area contributed by atoms with Gasteiger partial charge in [-0.2, -0.15) is 9.97 Å². The highest BCUT2D eigenvalue weighted by Crippen LogP contribution is 2.43. The number of benzene rings is 7. The van der Waals surface area contributed by atoms with E-state index in [0.29, 0.717) is 17.6 Å². The molecule has 11 aromatic rings. The molecule has 4 aromatic heterocycles. The molecule has 0 unspecified atom stereocenters. The van der Waals surface area contributed by atoms with Gasteiger partial charge in [-0.15, -0.1) is 0 Å². The van der Waals surface area contributed by atoms with Crippen molar-refractivity contribution < 1.29 is 4.42 Å². The second kappa shape index (κ2) is 10.7. The molecule has 0 bridgehead atoms. The van der Waals surface area contributed by atoms with Crippen LogP contribution in [0.1, 0.15) is 0 Å². The quantitative estimate of drug-likeness (QED) is 0.190. The average molecular weight is 654 g/mol. The fraction of sp³-hybridized carbons (Fsp3) is 0. The molecule has 0 saturated carbocycles. The largest absolute Gasteiger partial charge is 0.455 e. The Labute approximate surface area is 291 Å². The average Bonchev–Trinajstić information content (AvgIpc) is 3.85. The van der Waals surface area contributed by atoms with Crippen LogP contribution in [-0.2, 0) is 0 Å². The Bertz CT molecular complexity index is 3060. The van der Waals surface area contributed by atoms with Gasteiger partial charge >= 0.3 is 0 Å². The summed E-state index contributed by atoms with van der Waals surface area (Å²) in [6, 6.07) is 56.6. The van der Waals surface area contributed by atoms with E-state index in [1.807, 2.05) is 72.8 Å². The Morgan fingerprint density at radius 1 is 0.392 bits per heavy atom. The van der Waals surface area contributed by atoms with Gasteiger partial charge in [0, 0.05) is 43.7 Å². The predicted molar refractivity (Wildman–Crippen MR) is 207 cm³/mol. The summed E-state index contributed by atoms with van der Waals surface area (Å²) in [6.07, 6.45) is 0. The maximum absolute atomic E-state index is 6.66. The first-order chi connectivity index (χ1) is 25.3. The monoisotopic (exact) mass is 653 g/mol. The standard InChI is InChI=1S/C45H27N5O/c1-4-14-28(15-5-1)43-46-44(29-16-6-2-7-17-29)48-45(47-43)50-36-22-12-10-20-31(36)34-26-35-39(27-38(34)50)49(30-18-8-3-9-19-30)37-25-24-33-32-21-11-13-23-40(32)51-42(33)41(35)37/h1-27H. The molecule has 0 aliphatic heterocycles. The van der Waals surface area contributed by atoms with Crippen LogP contribution >= 0.6 is 0 Å². The first kappa shape index (κ1) is 27.9. The molecular formula is C45H27N5O. The van der Waals surface area contributed by atoms with Crippen molar-refractivity contribution in [3.63, 3.8) is 0 Å². The minimum atomic E-state index is 0.565. The van der Waals surface area contributed by atoms with Crippen molar-refractivity contribution in [1.29, 1.82) is 0 Å². The molecule has 7 aromatic carbocycles. The van der Waals surface area contributed by atoms with Crippen LogP contribution in [0.3, 0.4) is 0 Å². The van der Waals surface area contributed by atoms with Crippen molar-refractivity contribution >= 4 is 65.6 Å². The smallest absolute Gasteiger partial charge is 0.238 e. The lowest BCUT2D eigenvalue weighted by atomic mass is 10.1. The summed E-state index contributed by atoms with van der Waals surface area (Å²) in [7, 11) is 0. The third-order valence-corrected chi connectivity index (χ3v) is 9.97. The van der Waals surface area contributed by atoms with Crippen molar-refractivity contribution in [2.45, 2.75) is 0 Å². The number of nitrogens with zero attached hydrogens (tertiary/aromatic N) is 5. The van der Waals surface area contributed by atoms with E-state index in [-0.39, 0.29) is 0 Å². The fourth-order valence-electron chi connectivity index (χ4n) is 7.71. The summed E-state index contributed by atoms with van der Waals surface area (Å²) < 4.78 is 11.2. The maximum Gasteiger partial charge on any atom is 0.238 e. The van der Waals surface area contributed by atoms with Gasteiger partial charge in [0.1, 0.15) is 11.2 Å². The Balaban J connectivity index is 1.29. The third kappa shape index (κ3) is 4.14. The van der Waals surface area contributed by atoms with Crippen molar-refractivity contribution in [3.05, 3.63) is 164 Å². The molecule has 6 nitrogen and oxygen atoms in total. The number of para-hydroxylation sites is 3. The molecule has 0 fully saturated rings. The number of hydrogen-bond donors (Lipinski definition) is 0. The highest BCUT2D eigenvalue weighted by Gasteiger charge is 2.23. The minimum absolute atomic E-state index is 0.565. The van der Waals surface area contributed by atoms with Crippen LogP contribution in [0.2, 0.25) is 0 Å². The van der Waals surface area contributed by atoms with Crippen LogP contribution < -0.4 is 0 Å². The van der Waals surface area contributed by atoms with Gasteiger partial charge in [0.25, 0.3) is 0 Å². The van der Waals surface area contributed by atoms with E-state index in [9.17, 15) is 0 Å². The minimum Gasteiger partial charge on any atom is -0.455 e. The second-order valence-electron chi connectivity index (χ2n) is 12.9. The summed E-state index contributed by atoms with van der Waals surface area (Å²) >= 11 is 0. The molecule has 6 heteroatoms. The SMILES string of the molecule is c1ccc(-c2nc(-c3ccccc3)nc(-n3c4ccccc4c4cc5c6c7oc8ccccc8c7ccc6n(-c6ccccc6)c5cc43)n2)cc1. The fourth-order valence-corrected chi connectivity index (χ4v) is 7.71. The van der Waals surface area contributed by atoms with Gasteiger partial charge in [-0.1, -0.05) is 115 Å². The van der Waals surface area contributed by atoms with E-state index in [1.165, 1.54) is 0 Å². The zero-order valence-electron chi connectivity index (χ0n) is 27.2. The molecule has 0 aliphatic rings. The maximum atomic E-state index is 6.66. The zero-order chi connectivity index (χ0) is 33.5. The molecule has 0 N–H and O–H groups in total. The molecule has 0 spiro atoms. The summed E-state index contributed by atoms with van der Waals surface area (Å²) in [4.78, 5) is 15.3. The van der Waals surface area contributed by atoms with Crippen molar-refractivity contribution in [1.82, 2.24) is 24.1 Å². The summed E-state index contributed by atoms with van der Waals surface area (Å²) in [5.41, 5.74) is 8.91. The molecular weight excluding hydrogens is 627 g/mol. The predicted octanol–water partition coefficient (Wildman–Crippen LogP) is 11.3. The molecule has 0 radical (unpaired) electrons. The lowest BCUT2D eigenvalue weighted by Crippen LogP contribution is -2.06. The third-order valence-electron chi connectivity index (χ3n) is 9.97. The Hall–Kier alpha value is -7.05. The van der Waals surface area contributed by atoms with Gasteiger partial charge in [-0.25, -0.2) is 4.98 Å². The van der Waals surface area contributed by atoms with Crippen molar-refractivity contribution in [3.8, 4) is 34.4 Å². The van der Waals surface area contributed by atoms with Crippen molar-refractivity contribution in [2.24, 2.45) is 0 Å². The number of fused-ring (bicyclic) bond motifs is 10. The van der Waals surface area contributed by atoms with Gasteiger partial charge < -0.3 is 8.98 Å². The lowest BCUT2D eigenvalue weighted by Gasteiger charge is -2.11. The Kier molecular flexibility index (Phi) is 5.86. The van der Waals surface area contributed by atoms with E-state index in [2.05, 4.69) is 100 Å². The van der Waals surface area contributed by atoms with E-state index in [1.54, 1.807) is 0 Å². The van der Waals surface area contributed by atoms with Crippen LogP contribution in [0.25, 0.3) is 100.0 Å². The zero-order valence-corrected chi connectivity index (χ0v) is 27.2. The van der Waals surface area contributed by atoms with E-state index < -0.39 is 0 Å². The number of hydrogen-bond acceptors (Lipinski definition) is 4. The van der Waals surface area contributed by atoms with Crippen LogP contribution in [-0.4, -0.2) is 24.1 Å². The van der Waals surface area contributed by atoms with Crippen molar-refractivity contribution in [2.75, 3.05) is 0 Å². The topological polar surface area (TPSA) is 61.7 Å². The first-order valence-corrected chi connectivity index (χ1v) is 17.0.